The molecule has 0 fully saturated rings. The van der Waals surface area contributed by atoms with Crippen LogP contribution < -0.4 is 9.62 Å². The van der Waals surface area contributed by atoms with Gasteiger partial charge in [0.15, 0.2) is 0 Å². The average molecular weight is 437 g/mol. The van der Waals surface area contributed by atoms with Gasteiger partial charge in [-0.3, -0.25) is 9.10 Å². The first kappa shape index (κ1) is 23.2. The Bertz CT molecular complexity index is 959. The van der Waals surface area contributed by atoms with Gasteiger partial charge < -0.3 is 5.32 Å². The zero-order valence-corrected chi connectivity index (χ0v) is 19.1. The molecule has 2 atom stereocenters. The molecule has 2 rings (SSSR count). The Morgan fingerprint density at radius 2 is 1.76 bits per heavy atom. The van der Waals surface area contributed by atoms with Crippen molar-refractivity contribution < 1.29 is 13.2 Å². The molecular weight excluding hydrogens is 408 g/mol. The van der Waals surface area contributed by atoms with Crippen LogP contribution in [0.3, 0.4) is 0 Å². The zero-order chi connectivity index (χ0) is 21.8. The van der Waals surface area contributed by atoms with Crippen molar-refractivity contribution in [2.45, 2.75) is 52.6 Å². The summed E-state index contributed by atoms with van der Waals surface area (Å²) in [6.45, 7) is 7.57. The Morgan fingerprint density at radius 3 is 2.28 bits per heavy atom. The minimum Gasteiger partial charge on any atom is -0.348 e. The Hall–Kier alpha value is -2.05. The number of nitrogens with one attached hydrogen (secondary N) is 1. The molecule has 0 aliphatic heterocycles. The van der Waals surface area contributed by atoms with Crippen molar-refractivity contribution in [1.29, 1.82) is 0 Å². The number of carbonyl (C=O) groups excluding carboxylic acids is 1. The van der Waals surface area contributed by atoms with Gasteiger partial charge in [0.05, 0.1) is 18.0 Å². The smallest absolute Gasteiger partial charge is 0.244 e. The summed E-state index contributed by atoms with van der Waals surface area (Å²) < 4.78 is 26.4. The second-order valence-electron chi connectivity index (χ2n) is 7.24. The number of rotatable bonds is 8. The maximum Gasteiger partial charge on any atom is 0.244 e. The fourth-order valence-corrected chi connectivity index (χ4v) is 4.72. The van der Waals surface area contributed by atoms with Crippen LogP contribution in [0, 0.1) is 6.92 Å². The van der Waals surface area contributed by atoms with Gasteiger partial charge in [0.2, 0.25) is 15.9 Å². The topological polar surface area (TPSA) is 66.5 Å². The lowest BCUT2D eigenvalue weighted by molar-refractivity contribution is -0.122. The molecule has 1 N–H and O–H groups in total. The van der Waals surface area contributed by atoms with Gasteiger partial charge in [-0.15, -0.1) is 0 Å². The highest BCUT2D eigenvalue weighted by molar-refractivity contribution is 7.92. The van der Waals surface area contributed by atoms with Crippen molar-refractivity contribution >= 4 is 33.2 Å². The van der Waals surface area contributed by atoms with E-state index in [2.05, 4.69) is 12.2 Å². The van der Waals surface area contributed by atoms with E-state index in [0.717, 1.165) is 23.8 Å². The molecular formula is C22H29ClN2O3S. The van der Waals surface area contributed by atoms with Gasteiger partial charge in [0, 0.05) is 5.02 Å². The number of nitrogens with zero attached hydrogens (tertiary/aromatic N) is 1. The first-order valence-electron chi connectivity index (χ1n) is 9.73. The molecule has 7 heteroatoms. The molecule has 0 saturated carbocycles. The van der Waals surface area contributed by atoms with Gasteiger partial charge in [-0.25, -0.2) is 8.42 Å². The fraction of sp³-hybridized carbons (Fsp3) is 0.409. The van der Waals surface area contributed by atoms with Crippen molar-refractivity contribution in [3.8, 4) is 0 Å². The van der Waals surface area contributed by atoms with Gasteiger partial charge >= 0.3 is 0 Å². The monoisotopic (exact) mass is 436 g/mol. The van der Waals surface area contributed by atoms with E-state index >= 15 is 0 Å². The van der Waals surface area contributed by atoms with Crippen molar-refractivity contribution in [1.82, 2.24) is 5.32 Å². The maximum absolute atomic E-state index is 13.1. The van der Waals surface area contributed by atoms with Crippen LogP contribution in [-0.2, 0) is 21.2 Å². The van der Waals surface area contributed by atoms with Gasteiger partial charge in [0.1, 0.15) is 6.04 Å². The van der Waals surface area contributed by atoms with E-state index in [-0.39, 0.29) is 11.9 Å². The van der Waals surface area contributed by atoms with E-state index in [1.54, 1.807) is 32.0 Å². The number of hydrogen-bond acceptors (Lipinski definition) is 3. The molecule has 2 aromatic rings. The van der Waals surface area contributed by atoms with Crippen LogP contribution in [0.2, 0.25) is 5.02 Å². The molecule has 29 heavy (non-hydrogen) atoms. The molecule has 0 radical (unpaired) electrons. The van der Waals surface area contributed by atoms with Crippen LogP contribution >= 0.6 is 11.6 Å². The van der Waals surface area contributed by atoms with E-state index in [4.69, 9.17) is 11.6 Å². The first-order chi connectivity index (χ1) is 13.6. The molecule has 0 aliphatic rings. The number of hydrogen-bond donors (Lipinski definition) is 1. The second kappa shape index (κ2) is 9.63. The largest absolute Gasteiger partial charge is 0.348 e. The molecule has 0 spiro atoms. The SMILES string of the molecule is CCc1ccc([C@H](C)NC(=O)[C@H](CC)N(c2cc(Cl)ccc2C)S(C)(=O)=O)cc1. The van der Waals surface area contributed by atoms with Crippen molar-refractivity contribution in [2.75, 3.05) is 10.6 Å². The Balaban J connectivity index is 2.34. The van der Waals surface area contributed by atoms with Gasteiger partial charge in [0.25, 0.3) is 0 Å². The number of halogens is 1. The molecule has 0 aliphatic carbocycles. The number of benzene rings is 2. The summed E-state index contributed by atoms with van der Waals surface area (Å²) in [5.74, 6) is -0.343. The van der Waals surface area contributed by atoms with Gasteiger partial charge in [-0.05, 0) is 55.5 Å². The predicted molar refractivity (Wildman–Crippen MR) is 120 cm³/mol. The van der Waals surface area contributed by atoms with Crippen molar-refractivity contribution in [3.63, 3.8) is 0 Å². The standard InChI is InChI=1S/C22H29ClN2O3S/c1-6-17-9-11-18(12-10-17)16(4)24-22(26)20(7-2)25(29(5,27)28)21-14-19(23)13-8-15(21)3/h8-14,16,20H,6-7H2,1-5H3,(H,24,26)/t16-,20-/m0/s1. The molecule has 0 heterocycles. The van der Waals surface area contributed by atoms with Crippen LogP contribution in [0.4, 0.5) is 5.69 Å². The quantitative estimate of drug-likeness (QED) is 0.655. The highest BCUT2D eigenvalue weighted by Gasteiger charge is 2.33. The fourth-order valence-electron chi connectivity index (χ4n) is 3.29. The summed E-state index contributed by atoms with van der Waals surface area (Å²) in [5.41, 5.74) is 3.34. The first-order valence-corrected chi connectivity index (χ1v) is 12.0. The van der Waals surface area contributed by atoms with E-state index in [0.29, 0.717) is 17.1 Å². The van der Waals surface area contributed by atoms with E-state index in [9.17, 15) is 13.2 Å². The Kier molecular flexibility index (Phi) is 7.72. The summed E-state index contributed by atoms with van der Waals surface area (Å²) in [4.78, 5) is 13.1. The summed E-state index contributed by atoms with van der Waals surface area (Å²) in [5, 5.41) is 3.38. The number of anilines is 1. The minimum atomic E-state index is -3.71. The van der Waals surface area contributed by atoms with E-state index < -0.39 is 16.1 Å². The van der Waals surface area contributed by atoms with Crippen molar-refractivity contribution in [3.05, 3.63) is 64.2 Å². The Morgan fingerprint density at radius 1 is 1.14 bits per heavy atom. The van der Waals surface area contributed by atoms with E-state index in [1.165, 1.54) is 9.87 Å². The lowest BCUT2D eigenvalue weighted by Gasteiger charge is -2.32. The lowest BCUT2D eigenvalue weighted by atomic mass is 10.0. The molecule has 0 saturated heterocycles. The second-order valence-corrected chi connectivity index (χ2v) is 9.53. The van der Waals surface area contributed by atoms with Gasteiger partial charge in [-0.2, -0.15) is 0 Å². The molecule has 0 unspecified atom stereocenters. The number of amides is 1. The normalized spacial score (nSPS) is 13.6. The van der Waals surface area contributed by atoms with Crippen LogP contribution in [0.25, 0.3) is 0 Å². The third-order valence-electron chi connectivity index (χ3n) is 4.99. The molecule has 2 aromatic carbocycles. The summed E-state index contributed by atoms with van der Waals surface area (Å²) >= 11 is 6.11. The number of aryl methyl sites for hydroxylation is 2. The van der Waals surface area contributed by atoms with Crippen LogP contribution in [0.1, 0.15) is 49.9 Å². The summed E-state index contributed by atoms with van der Waals surface area (Å²) in [6, 6.07) is 12.0. The number of sulfonamides is 1. The van der Waals surface area contributed by atoms with Gasteiger partial charge in [-0.1, -0.05) is 55.8 Å². The highest BCUT2D eigenvalue weighted by Crippen LogP contribution is 2.29. The summed E-state index contributed by atoms with van der Waals surface area (Å²) in [7, 11) is -3.71. The van der Waals surface area contributed by atoms with Crippen LogP contribution in [0.15, 0.2) is 42.5 Å². The molecule has 158 valence electrons. The molecule has 1 amide bonds. The predicted octanol–water partition coefficient (Wildman–Crippen LogP) is 4.63. The van der Waals surface area contributed by atoms with Crippen LogP contribution in [-0.4, -0.2) is 26.6 Å². The third-order valence-corrected chi connectivity index (χ3v) is 6.39. The van der Waals surface area contributed by atoms with Crippen LogP contribution in [0.5, 0.6) is 0 Å². The Labute approximate surface area is 179 Å². The summed E-state index contributed by atoms with van der Waals surface area (Å²) in [6.07, 6.45) is 2.38. The molecule has 0 bridgehead atoms. The molecule has 0 aromatic heterocycles. The average Bonchev–Trinajstić information content (AvgIpc) is 2.67. The van der Waals surface area contributed by atoms with Crippen molar-refractivity contribution in [2.24, 2.45) is 0 Å². The lowest BCUT2D eigenvalue weighted by Crippen LogP contribution is -2.50. The molecule has 5 nitrogen and oxygen atoms in total. The highest BCUT2D eigenvalue weighted by atomic mass is 35.5. The minimum absolute atomic E-state index is 0.246. The zero-order valence-electron chi connectivity index (χ0n) is 17.6. The third kappa shape index (κ3) is 5.73. The number of carbonyl (C=O) groups is 1. The van der Waals surface area contributed by atoms with E-state index in [1.807, 2.05) is 31.2 Å². The maximum atomic E-state index is 13.1.